The summed E-state index contributed by atoms with van der Waals surface area (Å²) in [6.07, 6.45) is 0.109. The zero-order valence-corrected chi connectivity index (χ0v) is 18.1. The zero-order chi connectivity index (χ0) is 23.5. The van der Waals surface area contributed by atoms with E-state index in [0.717, 1.165) is 5.56 Å². The fraction of sp³-hybridized carbons (Fsp3) is 0.208. The monoisotopic (exact) mass is 460 g/mol. The van der Waals surface area contributed by atoms with E-state index < -0.39 is 5.92 Å². The van der Waals surface area contributed by atoms with Gasteiger partial charge < -0.3 is 15.0 Å². The number of carbonyl (C=O) groups is 2. The number of ether oxygens (including phenoxy) is 1. The molecule has 1 aliphatic heterocycles. The van der Waals surface area contributed by atoms with Gasteiger partial charge in [-0.25, -0.2) is 4.39 Å². The van der Waals surface area contributed by atoms with Gasteiger partial charge in [0.15, 0.2) is 11.5 Å². The van der Waals surface area contributed by atoms with Crippen LogP contribution in [0.5, 0.6) is 5.88 Å². The molecule has 1 N–H and O–H groups in total. The van der Waals surface area contributed by atoms with E-state index in [9.17, 15) is 14.0 Å². The third-order valence-electron chi connectivity index (χ3n) is 5.56. The molecule has 4 aromatic rings. The average Bonchev–Trinajstić information content (AvgIpc) is 3.46. The van der Waals surface area contributed by atoms with E-state index in [0.29, 0.717) is 23.0 Å². The SMILES string of the molecule is O=C(NCCOc1ccc2nnc(-c3ccccc3)n2n1)C1CC(=O)N(c2ccc(F)cc2)C1. The summed E-state index contributed by atoms with van der Waals surface area (Å²) >= 11 is 0. The molecule has 2 aromatic carbocycles. The van der Waals surface area contributed by atoms with Crippen molar-refractivity contribution in [3.8, 4) is 17.3 Å². The molecule has 172 valence electrons. The average molecular weight is 460 g/mol. The van der Waals surface area contributed by atoms with Crippen LogP contribution in [0, 0.1) is 11.7 Å². The van der Waals surface area contributed by atoms with Gasteiger partial charge in [-0.05, 0) is 30.3 Å². The van der Waals surface area contributed by atoms with Gasteiger partial charge in [-0.2, -0.15) is 4.52 Å². The van der Waals surface area contributed by atoms with E-state index in [-0.39, 0.29) is 43.7 Å². The van der Waals surface area contributed by atoms with Crippen LogP contribution in [-0.2, 0) is 9.59 Å². The molecule has 1 atom stereocenters. The Balaban J connectivity index is 1.15. The van der Waals surface area contributed by atoms with E-state index in [1.807, 2.05) is 30.3 Å². The van der Waals surface area contributed by atoms with Crippen molar-refractivity contribution < 1.29 is 18.7 Å². The Hall–Kier alpha value is -4.34. The lowest BCUT2D eigenvalue weighted by Gasteiger charge is -2.16. The molecule has 5 rings (SSSR count). The molecule has 0 bridgehead atoms. The van der Waals surface area contributed by atoms with Crippen LogP contribution in [0.2, 0.25) is 0 Å². The second kappa shape index (κ2) is 9.26. The number of halogens is 1. The van der Waals surface area contributed by atoms with E-state index in [2.05, 4.69) is 20.6 Å². The van der Waals surface area contributed by atoms with Crippen LogP contribution < -0.4 is 15.0 Å². The van der Waals surface area contributed by atoms with E-state index in [4.69, 9.17) is 4.74 Å². The molecule has 9 nitrogen and oxygen atoms in total. The molecular weight excluding hydrogens is 439 g/mol. The van der Waals surface area contributed by atoms with Crippen molar-refractivity contribution in [3.63, 3.8) is 0 Å². The van der Waals surface area contributed by atoms with E-state index >= 15 is 0 Å². The maximum atomic E-state index is 13.1. The summed E-state index contributed by atoms with van der Waals surface area (Å²) in [6.45, 7) is 0.716. The Morgan fingerprint density at radius 2 is 1.85 bits per heavy atom. The van der Waals surface area contributed by atoms with Crippen LogP contribution in [0.15, 0.2) is 66.7 Å². The van der Waals surface area contributed by atoms with E-state index in [1.54, 1.807) is 16.6 Å². The molecule has 2 amide bonds. The summed E-state index contributed by atoms with van der Waals surface area (Å²) in [4.78, 5) is 26.3. The molecule has 1 saturated heterocycles. The highest BCUT2D eigenvalue weighted by atomic mass is 19.1. The van der Waals surface area contributed by atoms with Crippen molar-refractivity contribution in [2.75, 3.05) is 24.6 Å². The van der Waals surface area contributed by atoms with Crippen LogP contribution in [0.3, 0.4) is 0 Å². The number of benzene rings is 2. The molecule has 0 saturated carbocycles. The third kappa shape index (κ3) is 4.42. The highest BCUT2D eigenvalue weighted by molar-refractivity contribution is 6.00. The van der Waals surface area contributed by atoms with Crippen molar-refractivity contribution in [3.05, 3.63) is 72.5 Å². The number of hydrogen-bond acceptors (Lipinski definition) is 6. The quantitative estimate of drug-likeness (QED) is 0.425. The Morgan fingerprint density at radius 1 is 1.06 bits per heavy atom. The minimum absolute atomic E-state index is 0.109. The van der Waals surface area contributed by atoms with Crippen molar-refractivity contribution in [2.24, 2.45) is 5.92 Å². The fourth-order valence-electron chi connectivity index (χ4n) is 3.84. The van der Waals surface area contributed by atoms with Gasteiger partial charge in [0, 0.05) is 30.3 Å². The second-order valence-corrected chi connectivity index (χ2v) is 7.85. The number of nitrogens with zero attached hydrogens (tertiary/aromatic N) is 5. The largest absolute Gasteiger partial charge is 0.475 e. The Morgan fingerprint density at radius 3 is 2.65 bits per heavy atom. The van der Waals surface area contributed by atoms with Gasteiger partial charge in [-0.1, -0.05) is 30.3 Å². The second-order valence-electron chi connectivity index (χ2n) is 7.85. The Labute approximate surface area is 194 Å². The molecule has 1 aliphatic rings. The molecule has 3 heterocycles. The number of aromatic nitrogens is 4. The lowest BCUT2D eigenvalue weighted by Crippen LogP contribution is -2.35. The number of nitrogens with one attached hydrogen (secondary N) is 1. The molecule has 1 fully saturated rings. The summed E-state index contributed by atoms with van der Waals surface area (Å²) in [7, 11) is 0. The van der Waals surface area contributed by atoms with Crippen molar-refractivity contribution in [2.45, 2.75) is 6.42 Å². The molecule has 0 radical (unpaired) electrons. The van der Waals surface area contributed by atoms with Crippen molar-refractivity contribution in [1.29, 1.82) is 0 Å². The summed E-state index contributed by atoms with van der Waals surface area (Å²) in [5.74, 6) is -0.265. The summed E-state index contributed by atoms with van der Waals surface area (Å²) in [6, 6.07) is 18.7. The van der Waals surface area contributed by atoms with Gasteiger partial charge in [0.2, 0.25) is 17.7 Å². The maximum Gasteiger partial charge on any atom is 0.231 e. The smallest absolute Gasteiger partial charge is 0.231 e. The first-order valence-electron chi connectivity index (χ1n) is 10.8. The number of rotatable bonds is 7. The molecule has 34 heavy (non-hydrogen) atoms. The number of anilines is 1. The first-order chi connectivity index (χ1) is 16.6. The standard InChI is InChI=1S/C24H21FN6O3/c25-18-6-8-19(9-7-18)30-15-17(14-22(30)32)24(33)26-12-13-34-21-11-10-20-27-28-23(31(20)29-21)16-4-2-1-3-5-16/h1-11,17H,12-15H2,(H,26,33). The third-order valence-corrected chi connectivity index (χ3v) is 5.56. The number of amides is 2. The first-order valence-corrected chi connectivity index (χ1v) is 10.8. The number of fused-ring (bicyclic) bond motifs is 1. The minimum Gasteiger partial charge on any atom is -0.475 e. The minimum atomic E-state index is -0.475. The van der Waals surface area contributed by atoms with Crippen LogP contribution in [0.1, 0.15) is 6.42 Å². The number of hydrogen-bond donors (Lipinski definition) is 1. The van der Waals surface area contributed by atoms with Crippen LogP contribution >= 0.6 is 0 Å². The summed E-state index contributed by atoms with van der Waals surface area (Å²) < 4.78 is 20.4. The topological polar surface area (TPSA) is 102 Å². The normalized spacial score (nSPS) is 15.6. The highest BCUT2D eigenvalue weighted by Gasteiger charge is 2.34. The van der Waals surface area contributed by atoms with Gasteiger partial charge in [0.1, 0.15) is 12.4 Å². The lowest BCUT2D eigenvalue weighted by atomic mass is 10.1. The van der Waals surface area contributed by atoms with Gasteiger partial charge >= 0.3 is 0 Å². The zero-order valence-electron chi connectivity index (χ0n) is 18.1. The van der Waals surface area contributed by atoms with Crippen LogP contribution in [0.4, 0.5) is 10.1 Å². The highest BCUT2D eigenvalue weighted by Crippen LogP contribution is 2.25. The Kier molecular flexibility index (Phi) is 5.86. The van der Waals surface area contributed by atoms with Crippen molar-refractivity contribution in [1.82, 2.24) is 25.1 Å². The predicted octanol–water partition coefficient (Wildman–Crippen LogP) is 2.48. The van der Waals surface area contributed by atoms with Gasteiger partial charge in [0.25, 0.3) is 0 Å². The van der Waals surface area contributed by atoms with Crippen LogP contribution in [-0.4, -0.2) is 51.3 Å². The van der Waals surface area contributed by atoms with Gasteiger partial charge in [-0.15, -0.1) is 15.3 Å². The van der Waals surface area contributed by atoms with Gasteiger partial charge in [-0.3, -0.25) is 9.59 Å². The molecule has 10 heteroatoms. The van der Waals surface area contributed by atoms with Crippen LogP contribution in [0.25, 0.3) is 17.0 Å². The van der Waals surface area contributed by atoms with Crippen molar-refractivity contribution >= 4 is 23.1 Å². The molecule has 0 aliphatic carbocycles. The summed E-state index contributed by atoms with van der Waals surface area (Å²) in [5, 5.41) is 15.6. The summed E-state index contributed by atoms with van der Waals surface area (Å²) in [5.41, 5.74) is 2.05. The van der Waals surface area contributed by atoms with E-state index in [1.165, 1.54) is 29.2 Å². The first kappa shape index (κ1) is 21.5. The molecule has 0 spiro atoms. The fourth-order valence-corrected chi connectivity index (χ4v) is 3.84. The molecule has 2 aromatic heterocycles. The Bertz CT molecular complexity index is 1330. The molecular formula is C24H21FN6O3. The maximum absolute atomic E-state index is 13.1. The predicted molar refractivity (Wildman–Crippen MR) is 122 cm³/mol. The lowest BCUT2D eigenvalue weighted by molar-refractivity contribution is -0.126. The molecule has 1 unspecified atom stereocenters. The number of carbonyl (C=O) groups excluding carboxylic acids is 2. The van der Waals surface area contributed by atoms with Gasteiger partial charge in [0.05, 0.1) is 12.5 Å².